The van der Waals surface area contributed by atoms with Crippen molar-refractivity contribution in [3.8, 4) is 0 Å². The molecular formula is C8H17NO2. The minimum absolute atomic E-state index is 0.319. The fraction of sp³-hybridized carbons (Fsp3) is 1.00. The van der Waals surface area contributed by atoms with E-state index in [0.717, 1.165) is 13.0 Å². The summed E-state index contributed by atoms with van der Waals surface area (Å²) in [7, 11) is 0. The van der Waals surface area contributed by atoms with Crippen molar-refractivity contribution in [2.75, 3.05) is 6.54 Å². The van der Waals surface area contributed by atoms with Gasteiger partial charge in [-0.2, -0.15) is 0 Å². The molecule has 3 atom stereocenters. The molecule has 3 N–H and O–H groups in total. The molecule has 1 rings (SSSR count). The smallest absolute Gasteiger partial charge is 0.0814 e. The molecule has 0 spiro atoms. The summed E-state index contributed by atoms with van der Waals surface area (Å²) in [6, 6.07) is 0.319. The summed E-state index contributed by atoms with van der Waals surface area (Å²) in [5.74, 6) is 0. The Hall–Kier alpha value is -0.120. The molecule has 0 bridgehead atoms. The van der Waals surface area contributed by atoms with Crippen molar-refractivity contribution >= 4 is 0 Å². The molecule has 1 unspecified atom stereocenters. The molecule has 1 aliphatic carbocycles. The van der Waals surface area contributed by atoms with Crippen LogP contribution in [0.2, 0.25) is 0 Å². The van der Waals surface area contributed by atoms with Gasteiger partial charge in [0.1, 0.15) is 0 Å². The third kappa shape index (κ3) is 2.43. The second-order valence-electron chi connectivity index (χ2n) is 3.26. The molecule has 1 fully saturated rings. The van der Waals surface area contributed by atoms with E-state index in [2.05, 4.69) is 12.2 Å². The zero-order chi connectivity index (χ0) is 8.27. The van der Waals surface area contributed by atoms with E-state index in [9.17, 15) is 10.2 Å². The maximum absolute atomic E-state index is 9.18. The lowest BCUT2D eigenvalue weighted by Crippen LogP contribution is -2.27. The molecule has 0 aromatic heterocycles. The van der Waals surface area contributed by atoms with Crippen LogP contribution < -0.4 is 5.32 Å². The molecule has 0 aromatic rings. The summed E-state index contributed by atoms with van der Waals surface area (Å²) in [6.07, 6.45) is 1.47. The zero-order valence-corrected chi connectivity index (χ0v) is 6.95. The van der Waals surface area contributed by atoms with E-state index in [1.807, 2.05) is 0 Å². The normalized spacial score (nSPS) is 37.9. The monoisotopic (exact) mass is 159 g/mol. The van der Waals surface area contributed by atoms with Crippen molar-refractivity contribution < 1.29 is 10.2 Å². The van der Waals surface area contributed by atoms with Gasteiger partial charge >= 0.3 is 0 Å². The Morgan fingerprint density at radius 2 is 1.82 bits per heavy atom. The molecule has 0 aromatic carbocycles. The number of aliphatic hydroxyl groups excluding tert-OH is 2. The van der Waals surface area contributed by atoms with E-state index in [1.54, 1.807) is 0 Å². The molecule has 66 valence electrons. The predicted octanol–water partition coefficient (Wildman–Crippen LogP) is -0.130. The van der Waals surface area contributed by atoms with Crippen LogP contribution in [-0.2, 0) is 0 Å². The first kappa shape index (κ1) is 8.97. The van der Waals surface area contributed by atoms with E-state index >= 15 is 0 Å². The number of nitrogens with one attached hydrogen (secondary N) is 1. The van der Waals surface area contributed by atoms with Gasteiger partial charge in [-0.25, -0.2) is 0 Å². The summed E-state index contributed by atoms with van der Waals surface area (Å²) < 4.78 is 0. The number of rotatable bonds is 3. The molecule has 0 saturated heterocycles. The molecule has 0 radical (unpaired) electrons. The molecule has 0 amide bonds. The Bertz CT molecular complexity index is 109. The van der Waals surface area contributed by atoms with Crippen LogP contribution in [0, 0.1) is 0 Å². The largest absolute Gasteiger partial charge is 0.390 e. The van der Waals surface area contributed by atoms with Crippen LogP contribution in [0.15, 0.2) is 0 Å². The standard InChI is InChI=1S/C8H17NO2/c1-2-3-9-6-4-7(10)8(11)5-6/h6-11H,2-5H2,1H3/t6?,7-,8+. The quantitative estimate of drug-likeness (QED) is 0.537. The third-order valence-electron chi connectivity index (χ3n) is 2.18. The van der Waals surface area contributed by atoms with Gasteiger partial charge in [0.2, 0.25) is 0 Å². The van der Waals surface area contributed by atoms with E-state index in [0.29, 0.717) is 18.9 Å². The van der Waals surface area contributed by atoms with Gasteiger partial charge in [0.25, 0.3) is 0 Å². The van der Waals surface area contributed by atoms with Gasteiger partial charge in [-0.3, -0.25) is 0 Å². The molecule has 1 saturated carbocycles. The minimum atomic E-state index is -0.510. The highest BCUT2D eigenvalue weighted by Gasteiger charge is 2.30. The molecule has 1 aliphatic rings. The SMILES string of the molecule is CCCNC1C[C@@H](O)[C@@H](O)C1. The first-order valence-electron chi connectivity index (χ1n) is 4.33. The fourth-order valence-corrected chi connectivity index (χ4v) is 1.51. The van der Waals surface area contributed by atoms with Crippen molar-refractivity contribution in [1.82, 2.24) is 5.32 Å². The first-order valence-corrected chi connectivity index (χ1v) is 4.33. The number of hydrogen-bond acceptors (Lipinski definition) is 3. The number of aliphatic hydroxyl groups is 2. The first-order chi connectivity index (χ1) is 5.24. The Morgan fingerprint density at radius 3 is 2.27 bits per heavy atom. The molecular weight excluding hydrogens is 142 g/mol. The lowest BCUT2D eigenvalue weighted by atomic mass is 10.2. The maximum atomic E-state index is 9.18. The Balaban J connectivity index is 2.18. The van der Waals surface area contributed by atoms with Crippen LogP contribution in [0.4, 0.5) is 0 Å². The van der Waals surface area contributed by atoms with Crippen LogP contribution >= 0.6 is 0 Å². The fourth-order valence-electron chi connectivity index (χ4n) is 1.51. The van der Waals surface area contributed by atoms with Crippen LogP contribution in [-0.4, -0.2) is 35.0 Å². The van der Waals surface area contributed by atoms with Gasteiger partial charge < -0.3 is 15.5 Å². The van der Waals surface area contributed by atoms with E-state index in [4.69, 9.17) is 0 Å². The summed E-state index contributed by atoms with van der Waals surface area (Å²) in [5, 5.41) is 21.6. The molecule has 0 heterocycles. The van der Waals surface area contributed by atoms with Gasteiger partial charge in [0.15, 0.2) is 0 Å². The maximum Gasteiger partial charge on any atom is 0.0814 e. The minimum Gasteiger partial charge on any atom is -0.390 e. The second-order valence-corrected chi connectivity index (χ2v) is 3.26. The van der Waals surface area contributed by atoms with E-state index in [-0.39, 0.29) is 0 Å². The van der Waals surface area contributed by atoms with E-state index in [1.165, 1.54) is 0 Å². The van der Waals surface area contributed by atoms with Crippen LogP contribution in [0.1, 0.15) is 26.2 Å². The van der Waals surface area contributed by atoms with Gasteiger partial charge in [-0.1, -0.05) is 6.92 Å². The average molecular weight is 159 g/mol. The topological polar surface area (TPSA) is 52.5 Å². The van der Waals surface area contributed by atoms with Crippen molar-refractivity contribution in [1.29, 1.82) is 0 Å². The predicted molar refractivity (Wildman–Crippen MR) is 43.3 cm³/mol. The lowest BCUT2D eigenvalue weighted by molar-refractivity contribution is 0.0438. The van der Waals surface area contributed by atoms with Crippen LogP contribution in [0.25, 0.3) is 0 Å². The Labute approximate surface area is 67.4 Å². The summed E-state index contributed by atoms with van der Waals surface area (Å²) in [4.78, 5) is 0. The van der Waals surface area contributed by atoms with Crippen molar-refractivity contribution in [3.05, 3.63) is 0 Å². The Kier molecular flexibility index (Phi) is 3.30. The zero-order valence-electron chi connectivity index (χ0n) is 6.95. The third-order valence-corrected chi connectivity index (χ3v) is 2.18. The summed E-state index contributed by atoms with van der Waals surface area (Å²) in [5.41, 5.74) is 0. The summed E-state index contributed by atoms with van der Waals surface area (Å²) in [6.45, 7) is 3.08. The molecule has 11 heavy (non-hydrogen) atoms. The van der Waals surface area contributed by atoms with E-state index < -0.39 is 12.2 Å². The van der Waals surface area contributed by atoms with Crippen LogP contribution in [0.5, 0.6) is 0 Å². The second kappa shape index (κ2) is 4.04. The van der Waals surface area contributed by atoms with Crippen molar-refractivity contribution in [2.45, 2.75) is 44.4 Å². The summed E-state index contributed by atoms with van der Waals surface area (Å²) >= 11 is 0. The van der Waals surface area contributed by atoms with Gasteiger partial charge in [0.05, 0.1) is 12.2 Å². The van der Waals surface area contributed by atoms with Gasteiger partial charge in [0, 0.05) is 6.04 Å². The average Bonchev–Trinajstić information content (AvgIpc) is 2.28. The molecule has 3 nitrogen and oxygen atoms in total. The highest BCUT2D eigenvalue weighted by atomic mass is 16.3. The van der Waals surface area contributed by atoms with Gasteiger partial charge in [-0.05, 0) is 25.8 Å². The van der Waals surface area contributed by atoms with Crippen molar-refractivity contribution in [3.63, 3.8) is 0 Å². The molecule has 0 aliphatic heterocycles. The highest BCUT2D eigenvalue weighted by Crippen LogP contribution is 2.19. The van der Waals surface area contributed by atoms with Crippen molar-refractivity contribution in [2.24, 2.45) is 0 Å². The van der Waals surface area contributed by atoms with Gasteiger partial charge in [-0.15, -0.1) is 0 Å². The molecule has 3 heteroatoms. The van der Waals surface area contributed by atoms with Crippen LogP contribution in [0.3, 0.4) is 0 Å². The highest BCUT2D eigenvalue weighted by molar-refractivity contribution is 4.86. The number of hydrogen-bond donors (Lipinski definition) is 3. The Morgan fingerprint density at radius 1 is 1.27 bits per heavy atom. The lowest BCUT2D eigenvalue weighted by Gasteiger charge is -2.09.